The van der Waals surface area contributed by atoms with E-state index in [1.165, 1.54) is 16.9 Å². The van der Waals surface area contributed by atoms with Crippen LogP contribution < -0.4 is 5.32 Å². The molecule has 0 spiro atoms. The Balaban J connectivity index is 1.44. The van der Waals surface area contributed by atoms with Crippen LogP contribution in [0.15, 0.2) is 73.1 Å². The summed E-state index contributed by atoms with van der Waals surface area (Å²) in [6.45, 7) is 0.893. The van der Waals surface area contributed by atoms with Crippen molar-refractivity contribution in [2.75, 3.05) is 18.4 Å². The molecule has 0 aliphatic carbocycles. The summed E-state index contributed by atoms with van der Waals surface area (Å²) in [5.41, 5.74) is 0.444. The summed E-state index contributed by atoms with van der Waals surface area (Å²) in [5, 5.41) is 16.9. The number of fused-ring (bicyclic) bond motifs is 1. The number of carboxylic acids is 1. The van der Waals surface area contributed by atoms with Crippen molar-refractivity contribution in [2.24, 2.45) is 0 Å². The van der Waals surface area contributed by atoms with Crippen molar-refractivity contribution >= 4 is 23.3 Å². The second kappa shape index (κ2) is 9.17. The summed E-state index contributed by atoms with van der Waals surface area (Å²) >= 11 is 0. The zero-order valence-electron chi connectivity index (χ0n) is 18.9. The molecule has 1 fully saturated rings. The summed E-state index contributed by atoms with van der Waals surface area (Å²) in [4.78, 5) is 31.0. The highest BCUT2D eigenvalue weighted by Gasteiger charge is 2.38. The Morgan fingerprint density at radius 3 is 2.29 bits per heavy atom. The average Bonchev–Trinajstić information content (AvgIpc) is 3.33. The maximum absolute atomic E-state index is 15.6. The fraction of sp³-hybridized carbons (Fsp3) is 0.231. The van der Waals surface area contributed by atoms with Gasteiger partial charge in [0.05, 0.1) is 6.20 Å². The number of aromatic carboxylic acids is 1. The zero-order valence-corrected chi connectivity index (χ0v) is 18.9. The number of carboxylic acid groups (broad SMARTS) is 1. The number of hydrogen-bond acceptors (Lipinski definition) is 5. The number of nitrogens with zero attached hydrogens (tertiary/aromatic N) is 4. The number of carbonyl (C=O) groups is 2. The van der Waals surface area contributed by atoms with Gasteiger partial charge in [-0.1, -0.05) is 60.7 Å². The summed E-state index contributed by atoms with van der Waals surface area (Å²) in [7, 11) is 0. The van der Waals surface area contributed by atoms with Gasteiger partial charge in [-0.15, -0.1) is 0 Å². The molecule has 4 aromatic rings. The summed E-state index contributed by atoms with van der Waals surface area (Å²) in [6, 6.07) is 18.6. The van der Waals surface area contributed by atoms with Crippen LogP contribution >= 0.6 is 0 Å². The van der Waals surface area contributed by atoms with Crippen LogP contribution in [0.3, 0.4) is 0 Å². The van der Waals surface area contributed by atoms with E-state index in [0.717, 1.165) is 5.56 Å². The number of benzene rings is 2. The number of rotatable bonds is 6. The molecule has 2 aromatic carbocycles. The molecule has 0 unspecified atom stereocenters. The normalized spacial score (nSPS) is 15.2. The van der Waals surface area contributed by atoms with Gasteiger partial charge in [-0.25, -0.2) is 14.2 Å². The van der Waals surface area contributed by atoms with Gasteiger partial charge in [0.25, 0.3) is 5.91 Å². The van der Waals surface area contributed by atoms with E-state index in [2.05, 4.69) is 15.4 Å². The highest BCUT2D eigenvalue weighted by molar-refractivity contribution is 6.00. The Bertz CT molecular complexity index is 1370. The molecule has 0 saturated carbocycles. The third-order valence-corrected chi connectivity index (χ3v) is 6.42. The minimum absolute atomic E-state index is 0.0604. The molecule has 1 amide bonds. The Morgan fingerprint density at radius 2 is 1.63 bits per heavy atom. The second-order valence-electron chi connectivity index (χ2n) is 8.58. The van der Waals surface area contributed by atoms with Crippen LogP contribution in [0.1, 0.15) is 44.7 Å². The van der Waals surface area contributed by atoms with Gasteiger partial charge in [-0.05, 0) is 11.1 Å². The minimum Gasteiger partial charge on any atom is -0.477 e. The first-order chi connectivity index (χ1) is 17.0. The smallest absolute Gasteiger partial charge is 0.341 e. The van der Waals surface area contributed by atoms with Crippen LogP contribution in [0.4, 0.5) is 10.2 Å². The predicted molar refractivity (Wildman–Crippen MR) is 128 cm³/mol. The number of anilines is 1. The first-order valence-corrected chi connectivity index (χ1v) is 11.4. The molecule has 9 heteroatoms. The first-order valence-electron chi connectivity index (χ1n) is 11.4. The van der Waals surface area contributed by atoms with E-state index in [0.29, 0.717) is 17.9 Å². The monoisotopic (exact) mass is 473 g/mol. The highest BCUT2D eigenvalue weighted by atomic mass is 19.1. The molecule has 178 valence electrons. The fourth-order valence-corrected chi connectivity index (χ4v) is 4.45. The molecule has 3 heterocycles. The van der Waals surface area contributed by atoms with E-state index in [1.54, 1.807) is 17.0 Å². The summed E-state index contributed by atoms with van der Waals surface area (Å²) < 4.78 is 16.9. The number of alkyl halides is 1. The van der Waals surface area contributed by atoms with Crippen LogP contribution in [0, 0.1) is 0 Å². The Labute approximate surface area is 201 Å². The van der Waals surface area contributed by atoms with Gasteiger partial charge in [-0.2, -0.15) is 9.61 Å². The Morgan fingerprint density at radius 1 is 0.971 bits per heavy atom. The van der Waals surface area contributed by atoms with Crippen molar-refractivity contribution < 1.29 is 19.1 Å². The van der Waals surface area contributed by atoms with E-state index < -0.39 is 11.6 Å². The SMILES string of the molecule is O=C(O)c1cnn2c(NCc3ccccc3)c(C(=O)N3CCC(F)(c4ccccc4)CC3)cnc12. The predicted octanol–water partition coefficient (Wildman–Crippen LogP) is 4.14. The number of amides is 1. The number of nitrogens with one attached hydrogen (secondary N) is 1. The largest absolute Gasteiger partial charge is 0.477 e. The lowest BCUT2D eigenvalue weighted by Crippen LogP contribution is -2.43. The number of carbonyl (C=O) groups excluding carboxylic acids is 1. The molecule has 1 aliphatic rings. The standard InChI is InChI=1S/C26H24FN5O3/c27-26(19-9-5-2-6-10-19)11-13-31(14-12-26)24(33)20-16-29-23-21(25(34)35)17-30-32(23)22(20)28-15-18-7-3-1-4-8-18/h1-10,16-17,28H,11-15H2,(H,34,35). The van der Waals surface area contributed by atoms with Crippen molar-refractivity contribution in [2.45, 2.75) is 25.1 Å². The lowest BCUT2D eigenvalue weighted by Gasteiger charge is -2.37. The third kappa shape index (κ3) is 4.32. The molecule has 5 rings (SSSR count). The number of halogens is 1. The van der Waals surface area contributed by atoms with Crippen LogP contribution in [0.5, 0.6) is 0 Å². The molecular formula is C26H24FN5O3. The van der Waals surface area contributed by atoms with Crippen molar-refractivity contribution in [3.8, 4) is 0 Å². The van der Waals surface area contributed by atoms with Crippen LogP contribution in [-0.4, -0.2) is 49.6 Å². The van der Waals surface area contributed by atoms with Gasteiger partial charge in [0, 0.05) is 38.7 Å². The van der Waals surface area contributed by atoms with Gasteiger partial charge in [-0.3, -0.25) is 4.79 Å². The first kappa shape index (κ1) is 22.5. The molecule has 2 aromatic heterocycles. The lowest BCUT2D eigenvalue weighted by atomic mass is 9.86. The van der Waals surface area contributed by atoms with Gasteiger partial charge in [0.1, 0.15) is 22.6 Å². The van der Waals surface area contributed by atoms with E-state index in [4.69, 9.17) is 0 Å². The summed E-state index contributed by atoms with van der Waals surface area (Å²) in [5.74, 6) is -1.12. The average molecular weight is 474 g/mol. The molecule has 0 atom stereocenters. The fourth-order valence-electron chi connectivity index (χ4n) is 4.45. The molecule has 0 bridgehead atoms. The molecular weight excluding hydrogens is 449 g/mol. The third-order valence-electron chi connectivity index (χ3n) is 6.42. The van der Waals surface area contributed by atoms with Gasteiger partial charge < -0.3 is 15.3 Å². The summed E-state index contributed by atoms with van der Waals surface area (Å²) in [6.07, 6.45) is 2.96. The Kier molecular flexibility index (Phi) is 5.90. The van der Waals surface area contributed by atoms with E-state index in [9.17, 15) is 14.7 Å². The van der Waals surface area contributed by atoms with Gasteiger partial charge in [0.2, 0.25) is 0 Å². The van der Waals surface area contributed by atoms with Crippen LogP contribution in [-0.2, 0) is 12.2 Å². The van der Waals surface area contributed by atoms with Gasteiger partial charge in [0.15, 0.2) is 5.65 Å². The van der Waals surface area contributed by atoms with Gasteiger partial charge >= 0.3 is 5.97 Å². The molecule has 2 N–H and O–H groups in total. The van der Waals surface area contributed by atoms with Crippen molar-refractivity contribution in [1.82, 2.24) is 19.5 Å². The molecule has 0 radical (unpaired) electrons. The van der Waals surface area contributed by atoms with E-state index in [-0.39, 0.29) is 48.6 Å². The topological polar surface area (TPSA) is 99.8 Å². The van der Waals surface area contributed by atoms with Crippen molar-refractivity contribution in [3.05, 3.63) is 95.3 Å². The molecule has 1 saturated heterocycles. The van der Waals surface area contributed by atoms with Crippen molar-refractivity contribution in [3.63, 3.8) is 0 Å². The number of aromatic nitrogens is 3. The van der Waals surface area contributed by atoms with E-state index in [1.807, 2.05) is 48.5 Å². The zero-order chi connectivity index (χ0) is 24.4. The maximum Gasteiger partial charge on any atom is 0.341 e. The number of piperidine rings is 1. The maximum atomic E-state index is 15.6. The van der Waals surface area contributed by atoms with Crippen LogP contribution in [0.25, 0.3) is 5.65 Å². The number of likely N-dealkylation sites (tertiary alicyclic amines) is 1. The lowest BCUT2D eigenvalue weighted by molar-refractivity contribution is 0.0421. The minimum atomic E-state index is -1.48. The quantitative estimate of drug-likeness (QED) is 0.437. The molecule has 8 nitrogen and oxygen atoms in total. The molecule has 35 heavy (non-hydrogen) atoms. The number of hydrogen-bond donors (Lipinski definition) is 2. The van der Waals surface area contributed by atoms with Crippen LogP contribution in [0.2, 0.25) is 0 Å². The Hall–Kier alpha value is -4.27. The molecule has 1 aliphatic heterocycles. The highest BCUT2D eigenvalue weighted by Crippen LogP contribution is 2.37. The second-order valence-corrected chi connectivity index (χ2v) is 8.58. The van der Waals surface area contributed by atoms with Crippen molar-refractivity contribution in [1.29, 1.82) is 0 Å². The van der Waals surface area contributed by atoms with E-state index >= 15 is 4.39 Å².